The molecule has 0 unspecified atom stereocenters. The number of ether oxygens (including phenoxy) is 3. The molecule has 1 aromatic carbocycles. The predicted molar refractivity (Wildman–Crippen MR) is 124 cm³/mol. The summed E-state index contributed by atoms with van der Waals surface area (Å²) in [6.07, 6.45) is 0.433. The van der Waals surface area contributed by atoms with Gasteiger partial charge in [0, 0.05) is 22.9 Å². The summed E-state index contributed by atoms with van der Waals surface area (Å²) in [6, 6.07) is 3.25. The van der Waals surface area contributed by atoms with Gasteiger partial charge in [0.05, 0.1) is 30.4 Å². The van der Waals surface area contributed by atoms with Gasteiger partial charge >= 0.3 is 11.9 Å². The van der Waals surface area contributed by atoms with Crippen molar-refractivity contribution in [3.05, 3.63) is 44.7 Å². The van der Waals surface area contributed by atoms with Gasteiger partial charge < -0.3 is 24.6 Å². The van der Waals surface area contributed by atoms with Gasteiger partial charge in [0.2, 0.25) is 0 Å². The van der Waals surface area contributed by atoms with E-state index in [1.165, 1.54) is 7.11 Å². The van der Waals surface area contributed by atoms with Crippen LogP contribution in [0.2, 0.25) is 0 Å². The summed E-state index contributed by atoms with van der Waals surface area (Å²) in [5.74, 6) is -3.52. The van der Waals surface area contributed by atoms with Gasteiger partial charge in [-0.25, -0.2) is 4.79 Å². The van der Waals surface area contributed by atoms with Crippen molar-refractivity contribution in [3.8, 4) is 11.5 Å². The number of methoxy groups -OCH3 is 1. The number of carbonyl (C=O) groups is 3. The fourth-order valence-corrected chi connectivity index (χ4v) is 4.98. The fourth-order valence-electron chi connectivity index (χ4n) is 4.52. The first kappa shape index (κ1) is 24.8. The maximum atomic E-state index is 13.7. The number of nitrogens with one attached hydrogen (secondary N) is 1. The van der Waals surface area contributed by atoms with Gasteiger partial charge in [-0.3, -0.25) is 9.59 Å². The average molecular weight is 522 g/mol. The normalized spacial score (nSPS) is 22.5. The number of phenols is 1. The van der Waals surface area contributed by atoms with E-state index in [1.54, 1.807) is 32.9 Å². The van der Waals surface area contributed by atoms with Crippen LogP contribution in [-0.2, 0) is 23.9 Å². The van der Waals surface area contributed by atoms with Crippen molar-refractivity contribution < 1.29 is 33.7 Å². The standard InChI is InChI=1S/C24H28BrNO7/c1-6-32-16-10-13(9-14(25)21(16)27)19-18(24(30)33-7-2)12(4)26-15-8-11(3)17(23(29)31-5)22(28)20(15)19/h9-11,17,19,26-27H,6-8H2,1-5H3/t11-,17-,19-/m1/s1. The van der Waals surface area contributed by atoms with E-state index in [9.17, 15) is 19.5 Å². The zero-order valence-corrected chi connectivity index (χ0v) is 20.9. The van der Waals surface area contributed by atoms with Crippen molar-refractivity contribution in [2.75, 3.05) is 20.3 Å². The fraction of sp³-hybridized carbons (Fsp3) is 0.458. The Bertz CT molecular complexity index is 1060. The number of rotatable bonds is 6. The van der Waals surface area contributed by atoms with Crippen molar-refractivity contribution in [2.24, 2.45) is 11.8 Å². The third-order valence-corrected chi connectivity index (χ3v) is 6.53. The lowest BCUT2D eigenvalue weighted by atomic mass is 9.69. The zero-order valence-electron chi connectivity index (χ0n) is 19.3. The molecule has 0 saturated carbocycles. The summed E-state index contributed by atoms with van der Waals surface area (Å²) in [4.78, 5) is 39.2. The van der Waals surface area contributed by atoms with Crippen LogP contribution >= 0.6 is 15.9 Å². The number of ketones is 1. The molecule has 0 saturated heterocycles. The van der Waals surface area contributed by atoms with Gasteiger partial charge in [-0.05, 0) is 66.7 Å². The Morgan fingerprint density at radius 2 is 1.94 bits per heavy atom. The van der Waals surface area contributed by atoms with Gasteiger partial charge in [0.25, 0.3) is 0 Å². The van der Waals surface area contributed by atoms with E-state index >= 15 is 0 Å². The highest BCUT2D eigenvalue weighted by atomic mass is 79.9. The highest BCUT2D eigenvalue weighted by molar-refractivity contribution is 9.10. The largest absolute Gasteiger partial charge is 0.503 e. The molecular weight excluding hydrogens is 494 g/mol. The van der Waals surface area contributed by atoms with Gasteiger partial charge in [-0.1, -0.05) is 6.92 Å². The number of phenolic OH excluding ortho intramolecular Hbond substituents is 1. The van der Waals surface area contributed by atoms with Crippen LogP contribution in [0.25, 0.3) is 0 Å². The SMILES string of the molecule is CCOC(=O)C1=C(C)NC2=C(C(=O)[C@H](C(=O)OC)[C@H](C)C2)[C@@H]1c1cc(Br)c(O)c(OCC)c1. The summed E-state index contributed by atoms with van der Waals surface area (Å²) in [5.41, 5.74) is 2.35. The van der Waals surface area contributed by atoms with E-state index in [4.69, 9.17) is 14.2 Å². The van der Waals surface area contributed by atoms with Crippen LogP contribution in [0.3, 0.4) is 0 Å². The molecule has 9 heteroatoms. The average Bonchev–Trinajstić information content (AvgIpc) is 2.75. The molecule has 1 aliphatic carbocycles. The monoisotopic (exact) mass is 521 g/mol. The van der Waals surface area contributed by atoms with Gasteiger partial charge in [0.15, 0.2) is 17.3 Å². The second-order valence-corrected chi connectivity index (χ2v) is 8.89. The summed E-state index contributed by atoms with van der Waals surface area (Å²) in [7, 11) is 1.25. The summed E-state index contributed by atoms with van der Waals surface area (Å²) >= 11 is 3.34. The number of carbonyl (C=O) groups excluding carboxylic acids is 3. The quantitative estimate of drug-likeness (QED) is 0.430. The van der Waals surface area contributed by atoms with Crippen LogP contribution in [0.4, 0.5) is 0 Å². The number of benzene rings is 1. The molecule has 178 valence electrons. The third-order valence-electron chi connectivity index (χ3n) is 5.92. The van der Waals surface area contributed by atoms with E-state index in [0.29, 0.717) is 40.0 Å². The van der Waals surface area contributed by atoms with Crippen LogP contribution in [0, 0.1) is 11.8 Å². The minimum Gasteiger partial charge on any atom is -0.503 e. The Balaban J connectivity index is 2.26. The predicted octanol–water partition coefficient (Wildman–Crippen LogP) is 3.73. The Morgan fingerprint density at radius 1 is 1.24 bits per heavy atom. The molecule has 0 amide bonds. The Morgan fingerprint density at radius 3 is 2.55 bits per heavy atom. The van der Waals surface area contributed by atoms with Crippen molar-refractivity contribution >= 4 is 33.7 Å². The maximum absolute atomic E-state index is 13.7. The first-order valence-corrected chi connectivity index (χ1v) is 11.6. The third kappa shape index (κ3) is 4.51. The van der Waals surface area contributed by atoms with Crippen molar-refractivity contribution in [3.63, 3.8) is 0 Å². The Hall–Kier alpha value is -2.81. The molecule has 8 nitrogen and oxygen atoms in total. The lowest BCUT2D eigenvalue weighted by Gasteiger charge is -2.38. The first-order valence-electron chi connectivity index (χ1n) is 10.8. The highest BCUT2D eigenvalue weighted by Crippen LogP contribution is 2.48. The van der Waals surface area contributed by atoms with Crippen LogP contribution in [0.15, 0.2) is 39.1 Å². The molecule has 2 aliphatic rings. The van der Waals surface area contributed by atoms with Crippen LogP contribution in [0.1, 0.15) is 45.6 Å². The molecule has 2 N–H and O–H groups in total. The van der Waals surface area contributed by atoms with E-state index in [-0.39, 0.29) is 29.6 Å². The second-order valence-electron chi connectivity index (χ2n) is 8.04. The number of esters is 2. The van der Waals surface area contributed by atoms with Crippen molar-refractivity contribution in [1.29, 1.82) is 0 Å². The minimum atomic E-state index is -0.980. The number of halogens is 1. The van der Waals surface area contributed by atoms with Crippen LogP contribution in [-0.4, -0.2) is 43.2 Å². The first-order chi connectivity index (χ1) is 15.7. The highest BCUT2D eigenvalue weighted by Gasteiger charge is 2.47. The summed E-state index contributed by atoms with van der Waals surface area (Å²) < 4.78 is 16.1. The number of hydrogen-bond donors (Lipinski definition) is 2. The molecule has 1 aromatic rings. The number of aromatic hydroxyl groups is 1. The second kappa shape index (κ2) is 9.99. The molecule has 0 spiro atoms. The Labute approximate surface area is 201 Å². The molecule has 3 atom stereocenters. The molecule has 0 radical (unpaired) electrons. The summed E-state index contributed by atoms with van der Waals surface area (Å²) in [6.45, 7) is 7.53. The van der Waals surface area contributed by atoms with E-state index < -0.39 is 29.6 Å². The minimum absolute atomic E-state index is 0.0850. The molecule has 3 rings (SSSR count). The van der Waals surface area contributed by atoms with Crippen molar-refractivity contribution in [2.45, 2.75) is 40.0 Å². The number of hydrogen-bond acceptors (Lipinski definition) is 8. The number of dihydropyridines is 1. The van der Waals surface area contributed by atoms with Crippen molar-refractivity contribution in [1.82, 2.24) is 5.32 Å². The lowest BCUT2D eigenvalue weighted by Crippen LogP contribution is -2.43. The molecule has 0 fully saturated rings. The molecule has 0 aromatic heterocycles. The van der Waals surface area contributed by atoms with Crippen LogP contribution < -0.4 is 10.1 Å². The molecule has 0 bridgehead atoms. The van der Waals surface area contributed by atoms with Gasteiger partial charge in [-0.15, -0.1) is 0 Å². The molecule has 33 heavy (non-hydrogen) atoms. The Kier molecular flexibility index (Phi) is 7.51. The smallest absolute Gasteiger partial charge is 0.336 e. The topological polar surface area (TPSA) is 111 Å². The van der Waals surface area contributed by atoms with Gasteiger partial charge in [-0.2, -0.15) is 0 Å². The summed E-state index contributed by atoms with van der Waals surface area (Å²) in [5, 5.41) is 13.6. The maximum Gasteiger partial charge on any atom is 0.336 e. The van der Waals surface area contributed by atoms with E-state index in [1.807, 2.05) is 6.92 Å². The molecule has 1 heterocycles. The molecular formula is C24H28BrNO7. The van der Waals surface area contributed by atoms with E-state index in [0.717, 1.165) is 0 Å². The lowest BCUT2D eigenvalue weighted by molar-refractivity contribution is -0.151. The van der Waals surface area contributed by atoms with Crippen LogP contribution in [0.5, 0.6) is 11.5 Å². The number of allylic oxidation sites excluding steroid dienone is 3. The number of Topliss-reactive ketones (excluding diaryl/α,β-unsaturated/α-hetero) is 1. The molecule has 1 aliphatic heterocycles. The van der Waals surface area contributed by atoms with Gasteiger partial charge in [0.1, 0.15) is 5.92 Å². The van der Waals surface area contributed by atoms with E-state index in [2.05, 4.69) is 21.2 Å². The zero-order chi connectivity index (χ0) is 24.4.